The summed E-state index contributed by atoms with van der Waals surface area (Å²) in [6, 6.07) is 0. The zero-order valence-electron chi connectivity index (χ0n) is 17.5. The molecule has 0 radical (unpaired) electrons. The van der Waals surface area contributed by atoms with E-state index >= 15 is 0 Å². The van der Waals surface area contributed by atoms with E-state index in [0.717, 1.165) is 0 Å². The van der Waals surface area contributed by atoms with Crippen molar-refractivity contribution in [3.63, 3.8) is 0 Å². The van der Waals surface area contributed by atoms with Gasteiger partial charge in [0.05, 0.1) is 0 Å². The van der Waals surface area contributed by atoms with Crippen LogP contribution in [0.3, 0.4) is 0 Å². The first-order chi connectivity index (χ1) is 12.0. The number of halogens is 4. The van der Waals surface area contributed by atoms with Crippen LogP contribution in [0.15, 0.2) is 0 Å². The van der Waals surface area contributed by atoms with Crippen molar-refractivity contribution < 1.29 is 120 Å². The van der Waals surface area contributed by atoms with Crippen LogP contribution < -0.4 is 49.6 Å². The van der Waals surface area contributed by atoms with E-state index in [2.05, 4.69) is 66.7 Å². The Morgan fingerprint density at radius 3 is 0.289 bits per heavy atom. The zero-order valence-corrected chi connectivity index (χ0v) is 41.8. The van der Waals surface area contributed by atoms with Crippen molar-refractivity contribution in [2.24, 2.45) is 0 Å². The third-order valence-electron chi connectivity index (χ3n) is 0. The summed E-state index contributed by atoms with van der Waals surface area (Å²) in [7, 11) is 5.11. The average Bonchev–Trinajstić information content (AvgIpc) is 2.40. The van der Waals surface area contributed by atoms with Gasteiger partial charge in [0.25, 0.3) is 0 Å². The van der Waals surface area contributed by atoms with Crippen LogP contribution in [0.4, 0.5) is 0 Å². The largest absolute Gasteiger partial charge is 2.00 e. The van der Waals surface area contributed by atoms with Crippen LogP contribution in [0.25, 0.3) is 0 Å². The standard InChI is InChI=1S/3Ca.4ClH.3Mg.4H2O4S.4P2/c;;;;;;;;;;4*1-5(2,3)4;4*1-2/h;;;4*1H;;;;4*(H2,1,2,3,4);;;;/q3*+2;;;;;3*+2;;;;;;;;/p-12. The first-order valence-corrected chi connectivity index (χ1v) is 15.2. The van der Waals surface area contributed by atoms with Gasteiger partial charge in [-0.3, -0.25) is 33.7 Å². The van der Waals surface area contributed by atoms with Crippen LogP contribution >= 0.6 is 66.7 Å². The summed E-state index contributed by atoms with van der Waals surface area (Å²) in [6.07, 6.45) is 0. The SMILES string of the molecule is O=S(=O)([O-])[O-].O=S(=O)([O-])[O-].O=S(=O)([O-])[O-].O=S(=O)([O-])[O-].P#P.P#P.P#P.P#P.[Ca+2].[Ca+2].[Ca+2].[Cl-].[Cl-].[Cl-].[Cl-].[Mg+2].[Mg+2].[Mg+2]. The molecule has 0 bridgehead atoms. The molecule has 0 atom stereocenters. The van der Waals surface area contributed by atoms with E-state index in [1.165, 1.54) is 0 Å². The Morgan fingerprint density at radius 2 is 0.289 bits per heavy atom. The first kappa shape index (κ1) is 118. The van der Waals surface area contributed by atoms with Gasteiger partial charge in [-0.2, -0.15) is 0 Å². The van der Waals surface area contributed by atoms with Crippen molar-refractivity contribution in [3.05, 3.63) is 0 Å². The summed E-state index contributed by atoms with van der Waals surface area (Å²) >= 11 is 0. The Labute approximate surface area is 401 Å². The maximum atomic E-state index is 8.52. The van der Waals surface area contributed by atoms with E-state index in [1.807, 2.05) is 0 Å². The molecule has 0 spiro atoms. The van der Waals surface area contributed by atoms with Gasteiger partial charge in [0.1, 0.15) is 0 Å². The van der Waals surface area contributed by atoms with Gasteiger partial charge < -0.3 is 86.1 Å². The van der Waals surface area contributed by atoms with Crippen molar-refractivity contribution in [3.8, 4) is 0 Å². The normalized spacial score (nSPS) is 6.32. The molecule has 0 fully saturated rings. The zero-order chi connectivity index (χ0) is 26.0. The number of rotatable bonds is 0. The van der Waals surface area contributed by atoms with E-state index in [4.69, 9.17) is 70.1 Å². The fourth-order valence-electron chi connectivity index (χ4n) is 0. The van der Waals surface area contributed by atoms with E-state index in [0.29, 0.717) is 0 Å². The summed E-state index contributed by atoms with van der Waals surface area (Å²) in [5.74, 6) is 0. The molecular weight excluding hydrogens is 967 g/mol. The molecule has 38 heavy (non-hydrogen) atoms. The van der Waals surface area contributed by atoms with Crippen LogP contribution in [0, 0.1) is 0 Å². The second-order valence-electron chi connectivity index (χ2n) is 1.63. The van der Waals surface area contributed by atoms with Crippen LogP contribution in [0.1, 0.15) is 0 Å². The second kappa shape index (κ2) is 86.1. The van der Waals surface area contributed by atoms with Crippen LogP contribution in [0.2, 0.25) is 0 Å². The van der Waals surface area contributed by atoms with Crippen molar-refractivity contribution in [1.29, 1.82) is 0 Å². The Hall–Kier alpha value is 10.2. The molecule has 0 aliphatic rings. The van der Waals surface area contributed by atoms with Crippen LogP contribution in [0.5, 0.6) is 0 Å². The van der Waals surface area contributed by atoms with Crippen LogP contribution in [-0.4, -0.2) is 252 Å². The van der Waals surface area contributed by atoms with Gasteiger partial charge in [0, 0.05) is 41.6 Å². The third-order valence-corrected chi connectivity index (χ3v) is 0. The monoisotopic (exact) mass is 963 g/mol. The summed E-state index contributed by atoms with van der Waals surface area (Å²) < 4.78 is 136. The van der Waals surface area contributed by atoms with Gasteiger partial charge in [-0.15, -0.1) is 0 Å². The van der Waals surface area contributed by atoms with Crippen LogP contribution in [-0.2, 0) is 41.6 Å². The Kier molecular flexibility index (Phi) is 267. The number of hydrogen-bond donors (Lipinski definition) is 0. The minimum Gasteiger partial charge on any atom is -1.00 e. The summed E-state index contributed by atoms with van der Waals surface area (Å²) in [6.45, 7) is 0. The molecule has 0 heterocycles. The molecule has 38 heteroatoms. The molecule has 0 unspecified atom stereocenters. The fourth-order valence-corrected chi connectivity index (χ4v) is 0. The van der Waals surface area contributed by atoms with E-state index < -0.39 is 41.6 Å². The minimum absolute atomic E-state index is 0. The van der Waals surface area contributed by atoms with Gasteiger partial charge >= 0.3 is 249 Å². The predicted molar refractivity (Wildman–Crippen MR) is 132 cm³/mol. The fraction of sp³-hybridized carbons (Fsp3) is 0. The summed E-state index contributed by atoms with van der Waals surface area (Å²) in [5, 5.41) is 0. The molecule has 0 aliphatic heterocycles. The summed E-state index contributed by atoms with van der Waals surface area (Å²) in [4.78, 5) is 0. The average molecular weight is 967 g/mol. The third kappa shape index (κ3) is 912. The molecular formula is Ca3Cl4Mg3O16P8S4. The number of hydrogen-bond acceptors (Lipinski definition) is 16. The van der Waals surface area contributed by atoms with Gasteiger partial charge in [0.2, 0.25) is 0 Å². The molecule has 200 valence electrons. The Morgan fingerprint density at radius 1 is 0.289 bits per heavy atom. The van der Waals surface area contributed by atoms with Gasteiger partial charge in [-0.05, 0) is 0 Å². The first-order valence-electron chi connectivity index (χ1n) is 3.47. The molecule has 0 rings (SSSR count). The maximum Gasteiger partial charge on any atom is 2.00 e. The van der Waals surface area contributed by atoms with E-state index in [-0.39, 0.29) is 232 Å². The Bertz CT molecular complexity index is 675. The van der Waals surface area contributed by atoms with Gasteiger partial charge in [-0.25, -0.2) is 0 Å². The second-order valence-corrected chi connectivity index (χ2v) is 4.90. The molecule has 0 saturated carbocycles. The smallest absolute Gasteiger partial charge is 1.00 e. The quantitative estimate of drug-likeness (QED) is 0.0942. The Balaban J connectivity index is -0.00000000745. The molecule has 0 aromatic carbocycles. The topological polar surface area (TPSA) is 321 Å². The van der Waals surface area contributed by atoms with Crippen molar-refractivity contribution in [2.45, 2.75) is 0 Å². The minimum atomic E-state index is -5.17. The van der Waals surface area contributed by atoms with Gasteiger partial charge in [0.15, 0.2) is 0 Å². The molecule has 0 N–H and O–H groups in total. The predicted octanol–water partition coefficient (Wildman–Crippen LogP) is -12.7. The molecule has 0 amide bonds. The molecule has 0 saturated heterocycles. The summed E-state index contributed by atoms with van der Waals surface area (Å²) in [5.41, 5.74) is 0. The molecule has 0 aromatic heterocycles. The molecule has 0 aliphatic carbocycles. The molecule has 0 aromatic rings. The van der Waals surface area contributed by atoms with E-state index in [9.17, 15) is 0 Å². The van der Waals surface area contributed by atoms with E-state index in [1.54, 1.807) is 0 Å². The van der Waals surface area contributed by atoms with Crippen molar-refractivity contribution >= 4 is 291 Å². The van der Waals surface area contributed by atoms with Crippen molar-refractivity contribution in [1.82, 2.24) is 0 Å². The maximum absolute atomic E-state index is 8.52. The van der Waals surface area contributed by atoms with Gasteiger partial charge in [-0.1, -0.05) is 0 Å². The van der Waals surface area contributed by atoms with Crippen molar-refractivity contribution in [2.75, 3.05) is 0 Å². The molecule has 16 nitrogen and oxygen atoms in total.